The minimum Gasteiger partial charge on any atom is -0.382 e. The highest BCUT2D eigenvalue weighted by molar-refractivity contribution is 9.10. The standard InChI is InChI=1S/C16H12BrFN2O/c17-13-10-11(6-7-14(13)18)16(21)15-8-9-19-20(15)12-4-2-1-3-5-12/h1-10,16,21H. The Morgan fingerprint density at radius 1 is 1.10 bits per heavy atom. The Balaban J connectivity index is 2.01. The third-order valence-electron chi connectivity index (χ3n) is 3.21. The predicted molar refractivity (Wildman–Crippen MR) is 81.7 cm³/mol. The van der Waals surface area contributed by atoms with Gasteiger partial charge in [0, 0.05) is 6.20 Å². The first-order chi connectivity index (χ1) is 10.2. The van der Waals surface area contributed by atoms with Gasteiger partial charge >= 0.3 is 0 Å². The summed E-state index contributed by atoms with van der Waals surface area (Å²) in [6.45, 7) is 0. The van der Waals surface area contributed by atoms with Crippen molar-refractivity contribution in [1.82, 2.24) is 9.78 Å². The van der Waals surface area contributed by atoms with Crippen LogP contribution in [0.3, 0.4) is 0 Å². The lowest BCUT2D eigenvalue weighted by molar-refractivity contribution is 0.212. The lowest BCUT2D eigenvalue weighted by atomic mass is 10.1. The van der Waals surface area contributed by atoms with E-state index in [0.29, 0.717) is 15.7 Å². The zero-order valence-electron chi connectivity index (χ0n) is 10.9. The Morgan fingerprint density at radius 3 is 2.57 bits per heavy atom. The van der Waals surface area contributed by atoms with Crippen LogP contribution in [0.4, 0.5) is 4.39 Å². The summed E-state index contributed by atoms with van der Waals surface area (Å²) < 4.78 is 15.3. The highest BCUT2D eigenvalue weighted by atomic mass is 79.9. The Hall–Kier alpha value is -1.98. The van der Waals surface area contributed by atoms with Crippen molar-refractivity contribution < 1.29 is 9.50 Å². The smallest absolute Gasteiger partial charge is 0.137 e. The van der Waals surface area contributed by atoms with Gasteiger partial charge in [-0.05, 0) is 51.8 Å². The van der Waals surface area contributed by atoms with Crippen molar-refractivity contribution in [3.63, 3.8) is 0 Å². The van der Waals surface area contributed by atoms with Gasteiger partial charge in [-0.1, -0.05) is 24.3 Å². The summed E-state index contributed by atoms with van der Waals surface area (Å²) in [5.74, 6) is -0.359. The molecule has 0 amide bonds. The van der Waals surface area contributed by atoms with Gasteiger partial charge in [-0.15, -0.1) is 0 Å². The molecule has 1 aromatic heterocycles. The molecule has 0 radical (unpaired) electrons. The number of hydrogen-bond acceptors (Lipinski definition) is 2. The van der Waals surface area contributed by atoms with Crippen molar-refractivity contribution in [2.45, 2.75) is 6.10 Å². The summed E-state index contributed by atoms with van der Waals surface area (Å²) in [5.41, 5.74) is 2.08. The van der Waals surface area contributed by atoms with E-state index in [1.807, 2.05) is 30.3 Å². The molecule has 0 bridgehead atoms. The van der Waals surface area contributed by atoms with E-state index in [4.69, 9.17) is 0 Å². The van der Waals surface area contributed by atoms with Gasteiger partial charge in [0.15, 0.2) is 0 Å². The molecule has 106 valence electrons. The minimum absolute atomic E-state index is 0.324. The molecule has 0 saturated carbocycles. The molecule has 3 aromatic rings. The molecule has 3 rings (SSSR count). The second-order valence-electron chi connectivity index (χ2n) is 4.58. The van der Waals surface area contributed by atoms with Crippen LogP contribution in [0.2, 0.25) is 0 Å². The second-order valence-corrected chi connectivity index (χ2v) is 5.43. The molecule has 1 atom stereocenters. The van der Waals surface area contributed by atoms with Crippen molar-refractivity contribution in [2.24, 2.45) is 0 Å². The maximum Gasteiger partial charge on any atom is 0.137 e. The molecule has 0 fully saturated rings. The van der Waals surface area contributed by atoms with Crippen LogP contribution in [0.1, 0.15) is 17.4 Å². The predicted octanol–water partition coefficient (Wildman–Crippen LogP) is 3.86. The minimum atomic E-state index is -0.885. The Bertz CT molecular complexity index is 758. The summed E-state index contributed by atoms with van der Waals surface area (Å²) in [7, 11) is 0. The highest BCUT2D eigenvalue weighted by Gasteiger charge is 2.17. The second kappa shape index (κ2) is 5.79. The van der Waals surface area contributed by atoms with Gasteiger partial charge in [-0.3, -0.25) is 0 Å². The fraction of sp³-hybridized carbons (Fsp3) is 0.0625. The number of aliphatic hydroxyl groups excluding tert-OH is 1. The number of rotatable bonds is 3. The van der Waals surface area contributed by atoms with Gasteiger partial charge in [0.05, 0.1) is 15.9 Å². The van der Waals surface area contributed by atoms with E-state index in [1.54, 1.807) is 29.1 Å². The van der Waals surface area contributed by atoms with Crippen molar-refractivity contribution in [2.75, 3.05) is 0 Å². The Kier molecular flexibility index (Phi) is 3.86. The zero-order valence-corrected chi connectivity index (χ0v) is 12.5. The van der Waals surface area contributed by atoms with Crippen LogP contribution >= 0.6 is 15.9 Å². The van der Waals surface area contributed by atoms with E-state index in [0.717, 1.165) is 5.69 Å². The molecule has 0 aliphatic carbocycles. The van der Waals surface area contributed by atoms with E-state index >= 15 is 0 Å². The normalized spacial score (nSPS) is 12.3. The number of aromatic nitrogens is 2. The molecule has 1 heterocycles. The fourth-order valence-electron chi connectivity index (χ4n) is 2.16. The quantitative estimate of drug-likeness (QED) is 0.781. The molecule has 21 heavy (non-hydrogen) atoms. The van der Waals surface area contributed by atoms with E-state index in [-0.39, 0.29) is 5.82 Å². The van der Waals surface area contributed by atoms with Crippen LogP contribution in [-0.4, -0.2) is 14.9 Å². The van der Waals surface area contributed by atoms with Crippen molar-refractivity contribution in [3.05, 3.63) is 82.3 Å². The van der Waals surface area contributed by atoms with Crippen molar-refractivity contribution >= 4 is 15.9 Å². The first kappa shape index (κ1) is 14.0. The molecule has 0 aliphatic rings. The Labute approximate surface area is 129 Å². The molecule has 2 aromatic carbocycles. The fourth-order valence-corrected chi connectivity index (χ4v) is 2.56. The van der Waals surface area contributed by atoms with Crippen LogP contribution in [0.15, 0.2) is 65.3 Å². The topological polar surface area (TPSA) is 38.1 Å². The van der Waals surface area contributed by atoms with Crippen LogP contribution < -0.4 is 0 Å². The molecular formula is C16H12BrFN2O. The summed E-state index contributed by atoms with van der Waals surface area (Å²) in [5, 5.41) is 14.8. The molecule has 3 nitrogen and oxygen atoms in total. The number of aliphatic hydroxyl groups is 1. The zero-order chi connectivity index (χ0) is 14.8. The van der Waals surface area contributed by atoms with Gasteiger partial charge in [0.25, 0.3) is 0 Å². The number of para-hydroxylation sites is 1. The van der Waals surface area contributed by atoms with E-state index in [2.05, 4.69) is 21.0 Å². The van der Waals surface area contributed by atoms with E-state index in [1.165, 1.54) is 6.07 Å². The summed E-state index contributed by atoms with van der Waals surface area (Å²) in [6, 6.07) is 15.7. The van der Waals surface area contributed by atoms with Crippen molar-refractivity contribution in [3.8, 4) is 5.69 Å². The number of nitrogens with zero attached hydrogens (tertiary/aromatic N) is 2. The summed E-state index contributed by atoms with van der Waals surface area (Å²) >= 11 is 3.13. The molecule has 0 spiro atoms. The van der Waals surface area contributed by atoms with Gasteiger partial charge in [0.2, 0.25) is 0 Å². The summed E-state index contributed by atoms with van der Waals surface area (Å²) in [4.78, 5) is 0. The largest absolute Gasteiger partial charge is 0.382 e. The van der Waals surface area contributed by atoms with Crippen LogP contribution in [0.5, 0.6) is 0 Å². The van der Waals surface area contributed by atoms with Gasteiger partial charge in [0.1, 0.15) is 11.9 Å². The van der Waals surface area contributed by atoms with E-state index in [9.17, 15) is 9.50 Å². The molecule has 1 unspecified atom stereocenters. The van der Waals surface area contributed by atoms with Gasteiger partial charge in [-0.25, -0.2) is 9.07 Å². The first-order valence-electron chi connectivity index (χ1n) is 6.39. The number of hydrogen-bond donors (Lipinski definition) is 1. The monoisotopic (exact) mass is 346 g/mol. The van der Waals surface area contributed by atoms with E-state index < -0.39 is 6.10 Å². The Morgan fingerprint density at radius 2 is 1.86 bits per heavy atom. The SMILES string of the molecule is OC(c1ccc(F)c(Br)c1)c1ccnn1-c1ccccc1. The van der Waals surface area contributed by atoms with Crippen molar-refractivity contribution in [1.29, 1.82) is 0 Å². The maximum absolute atomic E-state index is 13.3. The van der Waals surface area contributed by atoms with Gasteiger partial charge in [-0.2, -0.15) is 5.10 Å². The van der Waals surface area contributed by atoms with Crippen LogP contribution in [-0.2, 0) is 0 Å². The molecular weight excluding hydrogens is 335 g/mol. The molecule has 0 saturated heterocycles. The van der Waals surface area contributed by atoms with Crippen LogP contribution in [0, 0.1) is 5.82 Å². The average molecular weight is 347 g/mol. The maximum atomic E-state index is 13.3. The molecule has 5 heteroatoms. The van der Waals surface area contributed by atoms with Gasteiger partial charge < -0.3 is 5.11 Å². The lowest BCUT2D eigenvalue weighted by Crippen LogP contribution is -2.08. The average Bonchev–Trinajstić information content (AvgIpc) is 2.99. The summed E-state index contributed by atoms with van der Waals surface area (Å²) in [6.07, 6.45) is 0.744. The third kappa shape index (κ3) is 2.75. The molecule has 0 aliphatic heterocycles. The molecule has 1 N–H and O–H groups in total. The highest BCUT2D eigenvalue weighted by Crippen LogP contribution is 2.27. The van der Waals surface area contributed by atoms with Crippen LogP contribution in [0.25, 0.3) is 5.69 Å². The lowest BCUT2D eigenvalue weighted by Gasteiger charge is -2.14. The number of halogens is 2. The first-order valence-corrected chi connectivity index (χ1v) is 7.18. The number of benzene rings is 2. The third-order valence-corrected chi connectivity index (χ3v) is 3.82.